The molecule has 0 radical (unpaired) electrons. The first kappa shape index (κ1) is 36.9. The Hall–Kier alpha value is -2.41. The third kappa shape index (κ3) is 7.03. The van der Waals surface area contributed by atoms with Gasteiger partial charge >= 0.3 is 11.9 Å². The first-order valence-corrected chi connectivity index (χ1v) is 19.1. The molecule has 1 aromatic rings. The van der Waals surface area contributed by atoms with Gasteiger partial charge in [0.05, 0.1) is 25.3 Å². The number of carbonyl (C=O) groups is 4. The summed E-state index contributed by atoms with van der Waals surface area (Å²) in [5.41, 5.74) is -1.37. The van der Waals surface area contributed by atoms with Gasteiger partial charge < -0.3 is 39.8 Å². The third-order valence-corrected chi connectivity index (χ3v) is 11.5. The lowest BCUT2D eigenvalue weighted by atomic mass is 9.62. The number of benzene rings is 1. The summed E-state index contributed by atoms with van der Waals surface area (Å²) >= 11 is 2.21. The van der Waals surface area contributed by atoms with Crippen LogP contribution in [0.3, 0.4) is 0 Å². The van der Waals surface area contributed by atoms with Gasteiger partial charge in [0.15, 0.2) is 11.8 Å². The molecule has 7 rings (SSSR count). The maximum Gasteiger partial charge on any atom is 0.327 e. The second kappa shape index (κ2) is 13.8. The van der Waals surface area contributed by atoms with Crippen molar-refractivity contribution >= 4 is 46.3 Å². The number of rotatable bonds is 13. The molecule has 280 valence electrons. The minimum Gasteiger partial charge on any atom is -0.460 e. The van der Waals surface area contributed by atoms with Crippen molar-refractivity contribution < 1.29 is 53.2 Å². The highest BCUT2D eigenvalue weighted by Crippen LogP contribution is 2.63. The topological polar surface area (TPSA) is 182 Å². The smallest absolute Gasteiger partial charge is 0.327 e. The van der Waals surface area contributed by atoms with Gasteiger partial charge in [-0.1, -0.05) is 12.1 Å². The minimum atomic E-state index is -1.55. The second-order valence-corrected chi connectivity index (χ2v) is 17.2. The molecule has 3 aliphatic heterocycles. The van der Waals surface area contributed by atoms with Gasteiger partial charge in [0, 0.05) is 28.2 Å². The van der Waals surface area contributed by atoms with Crippen LogP contribution in [0.2, 0.25) is 0 Å². The first-order chi connectivity index (χ1) is 24.1. The molecular weight excluding hydrogens is 777 g/mol. The van der Waals surface area contributed by atoms with E-state index in [0.717, 1.165) is 34.8 Å². The fourth-order valence-corrected chi connectivity index (χ4v) is 8.95. The van der Waals surface area contributed by atoms with Crippen molar-refractivity contribution in [2.45, 2.75) is 139 Å². The molecule has 3 saturated heterocycles. The number of fused-ring (bicyclic) bond motifs is 4. The zero-order valence-corrected chi connectivity index (χ0v) is 31.5. The predicted octanol–water partition coefficient (Wildman–Crippen LogP) is 1.86. The highest BCUT2D eigenvalue weighted by molar-refractivity contribution is 14.1. The lowest BCUT2D eigenvalue weighted by Crippen LogP contribution is -2.71. The summed E-state index contributed by atoms with van der Waals surface area (Å²) in [5.74, 6) is -2.92. The van der Waals surface area contributed by atoms with Gasteiger partial charge in [-0.3, -0.25) is 24.0 Å². The molecule has 3 heterocycles. The Morgan fingerprint density at radius 3 is 2.39 bits per heavy atom. The number of carbonyl (C=O) groups excluding carboxylic acids is 4. The lowest BCUT2D eigenvalue weighted by Gasteiger charge is -2.49. The Labute approximate surface area is 310 Å². The molecule has 2 amide bonds. The van der Waals surface area contributed by atoms with E-state index in [-0.39, 0.29) is 37.6 Å². The van der Waals surface area contributed by atoms with Crippen molar-refractivity contribution in [1.82, 2.24) is 15.7 Å². The van der Waals surface area contributed by atoms with Gasteiger partial charge in [0.1, 0.15) is 41.5 Å². The number of nitrogens with zero attached hydrogens (tertiary/aromatic N) is 1. The van der Waals surface area contributed by atoms with E-state index in [9.17, 15) is 29.4 Å². The largest absolute Gasteiger partial charge is 0.460 e. The summed E-state index contributed by atoms with van der Waals surface area (Å²) in [6.45, 7) is 6.29. The zero-order valence-electron chi connectivity index (χ0n) is 29.3. The predicted molar refractivity (Wildman–Crippen MR) is 186 cm³/mol. The minimum absolute atomic E-state index is 0.0636. The summed E-state index contributed by atoms with van der Waals surface area (Å²) < 4.78 is 26.1. The molecular formula is C36H48IN3O11. The Bertz CT molecular complexity index is 1530. The molecule has 9 atom stereocenters. The molecule has 3 saturated carbocycles. The van der Waals surface area contributed by atoms with Crippen LogP contribution < -0.4 is 10.6 Å². The van der Waals surface area contributed by atoms with Crippen LogP contribution in [0.4, 0.5) is 0 Å². The fourth-order valence-electron chi connectivity index (χ4n) is 8.35. The third-order valence-electron chi connectivity index (χ3n) is 10.9. The summed E-state index contributed by atoms with van der Waals surface area (Å²) in [4.78, 5) is 61.4. The molecule has 2 bridgehead atoms. The van der Waals surface area contributed by atoms with E-state index in [0.29, 0.717) is 0 Å². The highest BCUT2D eigenvalue weighted by atomic mass is 127. The van der Waals surface area contributed by atoms with E-state index in [4.69, 9.17) is 23.8 Å². The standard InChI is InChI=1S/C36H48IN3O11/c1-18(42)26(31(44)38-23(17-41)12-13-25(43)48-34(2,3)4)39-33(46)35-15-24-27-28(50-36(49-27,20-8-9-20)21-10-11-21)30(35)51-40(29(35)32(45)47-24)16-19-6-5-7-22(37)14-19/h5-7,14,18,20-21,23-24,26-30,41-42H,8-13,15-17H2,1-4H3,(H,38,44)(H,39,46). The number of ether oxygens (including phenoxy) is 4. The zero-order chi connectivity index (χ0) is 36.5. The van der Waals surface area contributed by atoms with Crippen LogP contribution in [0.15, 0.2) is 24.3 Å². The van der Waals surface area contributed by atoms with E-state index in [1.807, 2.05) is 24.3 Å². The summed E-state index contributed by atoms with van der Waals surface area (Å²) in [6, 6.07) is 4.25. The number of hydrogen-bond acceptors (Lipinski definition) is 12. The quantitative estimate of drug-likeness (QED) is 0.168. The van der Waals surface area contributed by atoms with Crippen LogP contribution in [0, 0.1) is 20.8 Å². The number of esters is 2. The van der Waals surface area contributed by atoms with Gasteiger partial charge in [-0.15, -0.1) is 0 Å². The van der Waals surface area contributed by atoms with Gasteiger partial charge in [-0.05, 0) is 100 Å². The lowest BCUT2D eigenvalue weighted by molar-refractivity contribution is -0.235. The molecule has 9 unspecified atom stereocenters. The Kier molecular flexibility index (Phi) is 9.98. The highest BCUT2D eigenvalue weighted by Gasteiger charge is 2.78. The number of aliphatic hydroxyl groups excluding tert-OH is 2. The average Bonchev–Trinajstić information content (AvgIpc) is 4.00. The molecule has 6 fully saturated rings. The number of aliphatic hydroxyl groups is 2. The molecule has 0 spiro atoms. The fraction of sp³-hybridized carbons (Fsp3) is 0.722. The monoisotopic (exact) mass is 825 g/mol. The van der Waals surface area contributed by atoms with Crippen LogP contribution in [0.25, 0.3) is 0 Å². The van der Waals surface area contributed by atoms with Crippen molar-refractivity contribution in [2.24, 2.45) is 17.3 Å². The van der Waals surface area contributed by atoms with Crippen LogP contribution >= 0.6 is 22.6 Å². The van der Waals surface area contributed by atoms with Crippen molar-refractivity contribution in [2.75, 3.05) is 6.61 Å². The SMILES string of the molecule is CC(O)C(NC(=O)C12CC3OC(=O)C1N(Cc1cccc(I)c1)OC2C1OC(C2CC2)(C2CC2)OC31)C(=O)NC(CO)CCC(=O)OC(C)(C)C. The first-order valence-electron chi connectivity index (χ1n) is 18.0. The Morgan fingerprint density at radius 1 is 1.10 bits per heavy atom. The van der Waals surface area contributed by atoms with Crippen LogP contribution in [-0.2, 0) is 49.5 Å². The maximum atomic E-state index is 14.8. The van der Waals surface area contributed by atoms with Gasteiger partial charge in [0.25, 0.3) is 0 Å². The number of hydroxylamine groups is 2. The van der Waals surface area contributed by atoms with E-state index in [1.165, 1.54) is 12.0 Å². The van der Waals surface area contributed by atoms with Gasteiger partial charge in [-0.2, -0.15) is 5.06 Å². The maximum absolute atomic E-state index is 14.8. The van der Waals surface area contributed by atoms with Crippen LogP contribution in [-0.4, -0.2) is 106 Å². The molecule has 0 aromatic heterocycles. The van der Waals surface area contributed by atoms with Crippen molar-refractivity contribution in [1.29, 1.82) is 0 Å². The number of nitrogens with one attached hydrogen (secondary N) is 2. The van der Waals surface area contributed by atoms with Crippen molar-refractivity contribution in [3.63, 3.8) is 0 Å². The number of hydrogen-bond donors (Lipinski definition) is 4. The van der Waals surface area contributed by atoms with Crippen LogP contribution in [0.5, 0.6) is 0 Å². The number of halogens is 1. The van der Waals surface area contributed by atoms with E-state index in [1.54, 1.807) is 20.8 Å². The summed E-state index contributed by atoms with van der Waals surface area (Å²) in [7, 11) is 0. The molecule has 3 aliphatic carbocycles. The Morgan fingerprint density at radius 2 is 1.78 bits per heavy atom. The normalized spacial score (nSPS) is 32.7. The molecule has 6 aliphatic rings. The van der Waals surface area contributed by atoms with Crippen molar-refractivity contribution in [3.05, 3.63) is 33.4 Å². The van der Waals surface area contributed by atoms with Crippen LogP contribution in [0.1, 0.15) is 78.2 Å². The summed E-state index contributed by atoms with van der Waals surface area (Å²) in [6.07, 6.45) is -0.493. The average molecular weight is 826 g/mol. The van der Waals surface area contributed by atoms with Crippen molar-refractivity contribution in [3.8, 4) is 0 Å². The number of amides is 2. The molecule has 1 aromatic carbocycles. The van der Waals surface area contributed by atoms with Gasteiger partial charge in [0.2, 0.25) is 11.8 Å². The molecule has 4 N–H and O–H groups in total. The second-order valence-electron chi connectivity index (χ2n) is 16.0. The Balaban J connectivity index is 1.16. The van der Waals surface area contributed by atoms with E-state index in [2.05, 4.69) is 33.2 Å². The molecule has 51 heavy (non-hydrogen) atoms. The molecule has 15 heteroatoms. The summed E-state index contributed by atoms with van der Waals surface area (Å²) in [5, 5.41) is 27.8. The van der Waals surface area contributed by atoms with Gasteiger partial charge in [-0.25, -0.2) is 0 Å². The van der Waals surface area contributed by atoms with E-state index >= 15 is 0 Å². The van der Waals surface area contributed by atoms with E-state index < -0.39 is 95.8 Å². The molecule has 14 nitrogen and oxygen atoms in total.